The second-order valence-electron chi connectivity index (χ2n) is 15.8. The number of hydrogen-bond acceptors (Lipinski definition) is 2. The standard InChI is InChI=1S/C41H28F24O2P2/c1-17(68(27-9-19(34(42,43)44)5-20(10-27)35(45,46)47)28-11-21(36(48,49)50)6-22(12-28)37(51,52)53)31-32(67-33(3,4)66-31)18(2)69(29-13-23(38(54,55)56)7-24(14-29)39(57,58)59)30-15-25(40(60,61)62)8-26(16-30)41(63,64)65/h5-18,31-32H,1-4H3/t17-,18-,31-,32-/m1/s1. The molecular formula is C41H28F24O2P2. The van der Waals surface area contributed by atoms with Crippen molar-refractivity contribution in [1.29, 1.82) is 0 Å². The second kappa shape index (κ2) is 18.2. The summed E-state index contributed by atoms with van der Waals surface area (Å²) < 4.78 is 354. The lowest BCUT2D eigenvalue weighted by atomic mass is 10.1. The molecule has 28 heteroatoms. The van der Waals surface area contributed by atoms with E-state index in [1.165, 1.54) is 0 Å². The van der Waals surface area contributed by atoms with Gasteiger partial charge in [0.1, 0.15) is 0 Å². The molecule has 1 fully saturated rings. The number of hydrogen-bond donors (Lipinski definition) is 0. The van der Waals surface area contributed by atoms with Crippen molar-refractivity contribution in [2.45, 2.75) is 106 Å². The number of halogens is 24. The van der Waals surface area contributed by atoms with Gasteiger partial charge in [0.25, 0.3) is 0 Å². The highest BCUT2D eigenvalue weighted by Gasteiger charge is 2.52. The van der Waals surface area contributed by atoms with Crippen LogP contribution in [0.25, 0.3) is 0 Å². The summed E-state index contributed by atoms with van der Waals surface area (Å²) in [6, 6.07) is -2.11. The van der Waals surface area contributed by atoms with Crippen LogP contribution in [0.5, 0.6) is 0 Å². The highest BCUT2D eigenvalue weighted by molar-refractivity contribution is 7.74. The van der Waals surface area contributed by atoms with Gasteiger partial charge in [0.15, 0.2) is 5.79 Å². The van der Waals surface area contributed by atoms with Crippen molar-refractivity contribution < 1.29 is 115 Å². The Morgan fingerprint density at radius 3 is 0.594 bits per heavy atom. The summed E-state index contributed by atoms with van der Waals surface area (Å²) in [5, 5.41) is -4.96. The first kappa shape index (κ1) is 55.9. The molecule has 1 aliphatic heterocycles. The van der Waals surface area contributed by atoms with Crippen molar-refractivity contribution in [3.8, 4) is 0 Å². The molecule has 4 aromatic rings. The van der Waals surface area contributed by atoms with E-state index >= 15 is 0 Å². The van der Waals surface area contributed by atoms with E-state index in [0.29, 0.717) is 0 Å². The van der Waals surface area contributed by atoms with Gasteiger partial charge >= 0.3 is 49.4 Å². The molecule has 0 bridgehead atoms. The number of ether oxygens (including phenoxy) is 2. The van der Waals surface area contributed by atoms with Crippen LogP contribution in [0.1, 0.15) is 72.2 Å². The summed E-state index contributed by atoms with van der Waals surface area (Å²) in [6.07, 6.45) is -50.0. The minimum atomic E-state index is -5.70. The molecule has 0 aromatic heterocycles. The van der Waals surface area contributed by atoms with E-state index in [1.54, 1.807) is 0 Å². The molecule has 0 N–H and O–H groups in total. The number of rotatable bonds is 8. The maximum absolute atomic E-state index is 14.3. The Balaban J connectivity index is 1.90. The summed E-state index contributed by atoms with van der Waals surface area (Å²) in [5.74, 6) is -2.20. The minimum Gasteiger partial charge on any atom is -0.344 e. The average Bonchev–Trinajstić information content (AvgIpc) is 3.50. The summed E-state index contributed by atoms with van der Waals surface area (Å²) in [4.78, 5) is 0. The molecule has 0 unspecified atom stereocenters. The Kier molecular flexibility index (Phi) is 14.8. The van der Waals surface area contributed by atoms with Gasteiger partial charge in [-0.25, -0.2) is 0 Å². The fourth-order valence-corrected chi connectivity index (χ4v) is 13.2. The smallest absolute Gasteiger partial charge is 0.344 e. The third-order valence-electron chi connectivity index (χ3n) is 10.3. The van der Waals surface area contributed by atoms with Gasteiger partial charge in [-0.05, 0) is 124 Å². The van der Waals surface area contributed by atoms with Crippen molar-refractivity contribution in [3.05, 3.63) is 117 Å². The summed E-state index contributed by atoms with van der Waals surface area (Å²) in [7, 11) is -7.14. The third-order valence-corrected chi connectivity index (χ3v) is 15.8. The average molecular weight is 1070 g/mol. The second-order valence-corrected chi connectivity index (χ2v) is 21.0. The summed E-state index contributed by atoms with van der Waals surface area (Å²) in [5.41, 5.74) is -21.2. The topological polar surface area (TPSA) is 18.5 Å². The maximum Gasteiger partial charge on any atom is 0.416 e. The Labute approximate surface area is 375 Å². The van der Waals surface area contributed by atoms with Crippen LogP contribution in [0, 0.1) is 0 Å². The molecular weight excluding hydrogens is 1040 g/mol. The molecule has 4 aromatic carbocycles. The molecule has 4 atom stereocenters. The van der Waals surface area contributed by atoms with Crippen molar-refractivity contribution in [2.75, 3.05) is 0 Å². The van der Waals surface area contributed by atoms with Crippen LogP contribution in [0.2, 0.25) is 0 Å². The molecule has 5 rings (SSSR count). The Morgan fingerprint density at radius 2 is 0.464 bits per heavy atom. The van der Waals surface area contributed by atoms with Gasteiger partial charge in [0.05, 0.1) is 56.7 Å². The van der Waals surface area contributed by atoms with E-state index in [9.17, 15) is 105 Å². The predicted octanol–water partition coefficient (Wildman–Crippen LogP) is 14.7. The lowest BCUT2D eigenvalue weighted by Crippen LogP contribution is -2.43. The SMILES string of the molecule is C[C@H]([C@H]1OC(C)(C)O[C@@H]1[C@@H](C)P(c1cc(C(F)(F)F)cc(C(F)(F)F)c1)c1cc(C(F)(F)F)cc(C(F)(F)F)c1)P(c1cc(C(F)(F)F)cc(C(F)(F)F)c1)c1cc(C(F)(F)F)cc(C(F)(F)F)c1. The van der Waals surface area contributed by atoms with Gasteiger partial charge in [-0.15, -0.1) is 0 Å². The van der Waals surface area contributed by atoms with Crippen LogP contribution in [0.3, 0.4) is 0 Å². The predicted molar refractivity (Wildman–Crippen MR) is 201 cm³/mol. The number of alkyl halides is 24. The van der Waals surface area contributed by atoms with E-state index in [4.69, 9.17) is 9.47 Å². The first-order valence-electron chi connectivity index (χ1n) is 18.9. The lowest BCUT2D eigenvalue weighted by Gasteiger charge is -2.37. The molecule has 382 valence electrons. The quantitative estimate of drug-likeness (QED) is 0.129. The van der Waals surface area contributed by atoms with Gasteiger partial charge in [-0.2, -0.15) is 105 Å². The maximum atomic E-state index is 14.3. The highest BCUT2D eigenvalue weighted by atomic mass is 31.1. The Bertz CT molecular complexity index is 2060. The molecule has 1 aliphatic rings. The molecule has 2 nitrogen and oxygen atoms in total. The zero-order valence-electron chi connectivity index (χ0n) is 34.5. The normalized spacial score (nSPS) is 18.9. The molecule has 69 heavy (non-hydrogen) atoms. The zero-order chi connectivity index (χ0) is 52.8. The van der Waals surface area contributed by atoms with Crippen molar-refractivity contribution in [3.63, 3.8) is 0 Å². The van der Waals surface area contributed by atoms with Crippen LogP contribution in [-0.4, -0.2) is 29.3 Å². The van der Waals surface area contributed by atoms with E-state index in [2.05, 4.69) is 0 Å². The molecule has 0 aliphatic carbocycles. The highest BCUT2D eigenvalue weighted by Crippen LogP contribution is 2.54. The first-order chi connectivity index (χ1) is 30.8. The van der Waals surface area contributed by atoms with E-state index in [0.717, 1.165) is 27.7 Å². The van der Waals surface area contributed by atoms with Crippen LogP contribution in [0.15, 0.2) is 72.8 Å². The number of benzene rings is 4. The summed E-state index contributed by atoms with van der Waals surface area (Å²) in [6.45, 7) is 3.53. The molecule has 1 saturated heterocycles. The fraction of sp³-hybridized carbons (Fsp3) is 0.415. The monoisotopic (exact) mass is 1070 g/mol. The van der Waals surface area contributed by atoms with Crippen LogP contribution in [0.4, 0.5) is 105 Å². The van der Waals surface area contributed by atoms with Crippen LogP contribution < -0.4 is 21.2 Å². The Hall–Kier alpha value is -4.02. The molecule has 0 spiro atoms. The minimum absolute atomic E-state index is 0.0418. The zero-order valence-corrected chi connectivity index (χ0v) is 36.3. The van der Waals surface area contributed by atoms with Crippen molar-refractivity contribution in [1.82, 2.24) is 0 Å². The van der Waals surface area contributed by atoms with E-state index in [-0.39, 0.29) is 48.5 Å². The van der Waals surface area contributed by atoms with Gasteiger partial charge in [-0.3, -0.25) is 0 Å². The van der Waals surface area contributed by atoms with Gasteiger partial charge in [0, 0.05) is 11.3 Å². The third kappa shape index (κ3) is 12.9. The van der Waals surface area contributed by atoms with E-state index in [1.807, 2.05) is 0 Å². The van der Waals surface area contributed by atoms with Crippen LogP contribution >= 0.6 is 15.8 Å². The summed E-state index contributed by atoms with van der Waals surface area (Å²) >= 11 is 0. The van der Waals surface area contributed by atoms with Gasteiger partial charge in [-0.1, -0.05) is 13.8 Å². The molecule has 0 amide bonds. The van der Waals surface area contributed by atoms with Crippen molar-refractivity contribution >= 4 is 37.1 Å². The Morgan fingerprint density at radius 1 is 0.319 bits per heavy atom. The lowest BCUT2D eigenvalue weighted by molar-refractivity contribution is -0.146. The van der Waals surface area contributed by atoms with Crippen LogP contribution in [-0.2, 0) is 58.9 Å². The van der Waals surface area contributed by atoms with Gasteiger partial charge < -0.3 is 9.47 Å². The van der Waals surface area contributed by atoms with Crippen molar-refractivity contribution in [2.24, 2.45) is 0 Å². The largest absolute Gasteiger partial charge is 0.416 e. The first-order valence-corrected chi connectivity index (χ1v) is 21.7. The molecule has 1 heterocycles. The fourth-order valence-electron chi connectivity index (χ4n) is 7.41. The van der Waals surface area contributed by atoms with E-state index < -0.39 is 185 Å². The molecule has 0 saturated carbocycles. The molecule has 0 radical (unpaired) electrons. The van der Waals surface area contributed by atoms with Gasteiger partial charge in [0.2, 0.25) is 0 Å².